The van der Waals surface area contributed by atoms with E-state index in [1.54, 1.807) is 24.3 Å². The van der Waals surface area contributed by atoms with Crippen LogP contribution in [0.3, 0.4) is 0 Å². The number of carbonyl (C=O) groups excluding carboxylic acids is 1. The van der Waals surface area contributed by atoms with E-state index in [1.807, 2.05) is 54.6 Å². The highest BCUT2D eigenvalue weighted by atomic mass is 79.9. The van der Waals surface area contributed by atoms with Gasteiger partial charge in [0.2, 0.25) is 5.89 Å². The second-order valence-corrected chi connectivity index (χ2v) is 8.99. The Balaban J connectivity index is 1.38. The lowest BCUT2D eigenvalue weighted by molar-refractivity contribution is 0.0977. The Bertz CT molecular complexity index is 1530. The normalized spacial score (nSPS) is 11.0. The number of amides is 1. The van der Waals surface area contributed by atoms with Gasteiger partial charge in [0.25, 0.3) is 5.91 Å². The number of halogens is 2. The van der Waals surface area contributed by atoms with Crippen LogP contribution in [-0.4, -0.2) is 16.0 Å². The molecule has 0 aliphatic heterocycles. The van der Waals surface area contributed by atoms with Gasteiger partial charge in [0.05, 0.1) is 0 Å². The Labute approximate surface area is 207 Å². The van der Waals surface area contributed by atoms with Crippen molar-refractivity contribution in [2.75, 3.05) is 5.32 Å². The van der Waals surface area contributed by atoms with Crippen LogP contribution in [0.5, 0.6) is 0 Å². The van der Waals surface area contributed by atoms with Crippen LogP contribution in [0.1, 0.15) is 10.4 Å². The monoisotopic (exact) mass is 535 g/mol. The lowest BCUT2D eigenvalue weighted by Crippen LogP contribution is -2.34. The first-order valence-corrected chi connectivity index (χ1v) is 11.5. The predicted molar refractivity (Wildman–Crippen MR) is 140 cm³/mol. The van der Waals surface area contributed by atoms with E-state index in [2.05, 4.69) is 31.5 Å². The van der Waals surface area contributed by atoms with Crippen molar-refractivity contribution in [3.63, 3.8) is 0 Å². The van der Waals surface area contributed by atoms with Crippen molar-refractivity contribution in [3.05, 3.63) is 93.9 Å². The molecule has 0 saturated carbocycles. The van der Waals surface area contributed by atoms with Gasteiger partial charge in [-0.2, -0.15) is 0 Å². The molecule has 1 heterocycles. The Kier molecular flexibility index (Phi) is 5.85. The van der Waals surface area contributed by atoms with Crippen LogP contribution in [-0.2, 0) is 0 Å². The van der Waals surface area contributed by atoms with Gasteiger partial charge >= 0.3 is 0 Å². The van der Waals surface area contributed by atoms with Gasteiger partial charge in [-0.1, -0.05) is 51.8 Å². The van der Waals surface area contributed by atoms with Gasteiger partial charge < -0.3 is 9.73 Å². The van der Waals surface area contributed by atoms with Gasteiger partial charge in [-0.05, 0) is 72.2 Å². The number of benzene rings is 4. The van der Waals surface area contributed by atoms with Gasteiger partial charge in [0, 0.05) is 31.7 Å². The minimum absolute atomic E-state index is 0.190. The zero-order valence-electron chi connectivity index (χ0n) is 16.9. The van der Waals surface area contributed by atoms with Crippen LogP contribution in [0.15, 0.2) is 87.8 Å². The molecule has 0 atom stereocenters. The summed E-state index contributed by atoms with van der Waals surface area (Å²) < 4.78 is 6.90. The molecular formula is C25H15BrClN3O2S. The van der Waals surface area contributed by atoms with Crippen LogP contribution in [0.25, 0.3) is 33.3 Å². The first-order chi connectivity index (χ1) is 16.0. The molecule has 2 N–H and O–H groups in total. The number of aromatic nitrogens is 1. The van der Waals surface area contributed by atoms with Crippen molar-refractivity contribution < 1.29 is 9.21 Å². The summed E-state index contributed by atoms with van der Waals surface area (Å²) in [6.45, 7) is 0. The predicted octanol–water partition coefficient (Wildman–Crippen LogP) is 7.19. The summed E-state index contributed by atoms with van der Waals surface area (Å²) in [7, 11) is 0. The SMILES string of the molecule is O=C(NC(=S)Nc1ccc2oc(-c3cccc4c(Cl)cccc34)nc2c1)c1ccc(Br)cc1. The number of anilines is 1. The summed E-state index contributed by atoms with van der Waals surface area (Å²) in [6.07, 6.45) is 0. The standard InChI is InChI=1S/C25H15BrClN3O2S/c26-15-9-7-14(8-10-15)23(31)30-25(33)28-16-11-12-22-21(13-16)29-24(32-22)19-5-1-4-18-17(19)3-2-6-20(18)27/h1-13H,(H2,28,30,31,33). The Hall–Kier alpha value is -3.26. The number of thiocarbonyl (C=S) groups is 1. The number of rotatable bonds is 3. The molecule has 8 heteroatoms. The van der Waals surface area contributed by atoms with Crippen LogP contribution in [0.2, 0.25) is 5.02 Å². The fraction of sp³-hybridized carbons (Fsp3) is 0. The Morgan fingerprint density at radius 2 is 1.73 bits per heavy atom. The Morgan fingerprint density at radius 3 is 2.55 bits per heavy atom. The third kappa shape index (κ3) is 4.48. The fourth-order valence-electron chi connectivity index (χ4n) is 3.52. The minimum atomic E-state index is -0.292. The maximum Gasteiger partial charge on any atom is 0.257 e. The van der Waals surface area contributed by atoms with E-state index in [-0.39, 0.29) is 11.0 Å². The summed E-state index contributed by atoms with van der Waals surface area (Å²) in [6, 6.07) is 24.1. The maximum absolute atomic E-state index is 12.4. The third-order valence-electron chi connectivity index (χ3n) is 5.08. The van der Waals surface area contributed by atoms with Crippen molar-refractivity contribution >= 4 is 78.3 Å². The molecule has 0 aliphatic rings. The third-order valence-corrected chi connectivity index (χ3v) is 6.14. The first kappa shape index (κ1) is 21.6. The van der Waals surface area contributed by atoms with Gasteiger partial charge in [-0.3, -0.25) is 10.1 Å². The second kappa shape index (κ2) is 8.94. The second-order valence-electron chi connectivity index (χ2n) is 7.26. The topological polar surface area (TPSA) is 67.2 Å². The van der Waals surface area contributed by atoms with E-state index in [0.717, 1.165) is 20.8 Å². The zero-order valence-corrected chi connectivity index (χ0v) is 20.1. The van der Waals surface area contributed by atoms with Crippen molar-refractivity contribution in [1.82, 2.24) is 10.3 Å². The van der Waals surface area contributed by atoms with Crippen LogP contribution >= 0.6 is 39.7 Å². The van der Waals surface area contributed by atoms with Crippen LogP contribution in [0, 0.1) is 0 Å². The number of carbonyl (C=O) groups is 1. The largest absolute Gasteiger partial charge is 0.436 e. The van der Waals surface area contributed by atoms with E-state index in [9.17, 15) is 4.79 Å². The molecular weight excluding hydrogens is 522 g/mol. The van der Waals surface area contributed by atoms with Gasteiger partial charge in [-0.15, -0.1) is 0 Å². The van der Waals surface area contributed by atoms with E-state index >= 15 is 0 Å². The molecule has 0 unspecified atom stereocenters. The maximum atomic E-state index is 12.4. The highest BCUT2D eigenvalue weighted by molar-refractivity contribution is 9.10. The summed E-state index contributed by atoms with van der Waals surface area (Å²) >= 11 is 15.0. The molecule has 5 aromatic rings. The molecule has 1 aromatic heterocycles. The van der Waals surface area contributed by atoms with E-state index in [4.69, 9.17) is 28.2 Å². The van der Waals surface area contributed by atoms with Gasteiger partial charge in [0.1, 0.15) is 5.52 Å². The molecule has 0 saturated heterocycles. The average molecular weight is 537 g/mol. The van der Waals surface area contributed by atoms with E-state index in [1.165, 1.54) is 0 Å². The van der Waals surface area contributed by atoms with Gasteiger partial charge in [0.15, 0.2) is 10.7 Å². The molecule has 0 radical (unpaired) electrons. The van der Waals surface area contributed by atoms with Crippen molar-refractivity contribution in [2.45, 2.75) is 0 Å². The molecule has 162 valence electrons. The highest BCUT2D eigenvalue weighted by Crippen LogP contribution is 2.33. The molecule has 0 spiro atoms. The van der Waals surface area contributed by atoms with Crippen molar-refractivity contribution in [1.29, 1.82) is 0 Å². The first-order valence-electron chi connectivity index (χ1n) is 9.94. The molecule has 0 aliphatic carbocycles. The van der Waals surface area contributed by atoms with Crippen LogP contribution < -0.4 is 10.6 Å². The smallest absolute Gasteiger partial charge is 0.257 e. The van der Waals surface area contributed by atoms with Crippen molar-refractivity contribution in [3.8, 4) is 11.5 Å². The molecule has 5 nitrogen and oxygen atoms in total. The lowest BCUT2D eigenvalue weighted by Gasteiger charge is -2.09. The number of nitrogens with zero attached hydrogens (tertiary/aromatic N) is 1. The quantitative estimate of drug-likeness (QED) is 0.239. The molecule has 5 rings (SSSR count). The molecule has 33 heavy (non-hydrogen) atoms. The number of oxazole rings is 1. The van der Waals surface area contributed by atoms with Crippen molar-refractivity contribution in [2.24, 2.45) is 0 Å². The summed E-state index contributed by atoms with van der Waals surface area (Å²) in [4.78, 5) is 17.0. The summed E-state index contributed by atoms with van der Waals surface area (Å²) in [5.74, 6) is 0.209. The fourth-order valence-corrected chi connectivity index (χ4v) is 4.23. The Morgan fingerprint density at radius 1 is 0.970 bits per heavy atom. The lowest BCUT2D eigenvalue weighted by atomic mass is 10.0. The number of nitrogens with one attached hydrogen (secondary N) is 2. The van der Waals surface area contributed by atoms with E-state index in [0.29, 0.717) is 33.3 Å². The number of hydrogen-bond acceptors (Lipinski definition) is 4. The minimum Gasteiger partial charge on any atom is -0.436 e. The zero-order chi connectivity index (χ0) is 22.9. The number of fused-ring (bicyclic) bond motifs is 2. The van der Waals surface area contributed by atoms with E-state index < -0.39 is 0 Å². The molecule has 0 bridgehead atoms. The van der Waals surface area contributed by atoms with Crippen LogP contribution in [0.4, 0.5) is 5.69 Å². The number of hydrogen-bond donors (Lipinski definition) is 2. The molecule has 4 aromatic carbocycles. The highest BCUT2D eigenvalue weighted by Gasteiger charge is 2.14. The summed E-state index contributed by atoms with van der Waals surface area (Å²) in [5.41, 5.74) is 3.35. The molecule has 0 fully saturated rings. The molecule has 1 amide bonds. The summed E-state index contributed by atoms with van der Waals surface area (Å²) in [5, 5.41) is 8.47. The van der Waals surface area contributed by atoms with Gasteiger partial charge in [-0.25, -0.2) is 4.98 Å². The average Bonchev–Trinajstić information content (AvgIpc) is 3.22.